The fraction of sp³-hybridized carbons (Fsp3) is 0.900. The topological polar surface area (TPSA) is 81.1 Å². The number of amides is 1. The van der Waals surface area contributed by atoms with Gasteiger partial charge in [-0.1, -0.05) is 12.8 Å². The highest BCUT2D eigenvalue weighted by Crippen LogP contribution is 2.22. The molecule has 0 aromatic carbocycles. The van der Waals surface area contributed by atoms with Crippen LogP contribution in [0.2, 0.25) is 0 Å². The summed E-state index contributed by atoms with van der Waals surface area (Å²) in [6, 6.07) is 0.0571. The van der Waals surface area contributed by atoms with Crippen molar-refractivity contribution in [2.75, 3.05) is 13.1 Å². The summed E-state index contributed by atoms with van der Waals surface area (Å²) in [5, 5.41) is 2.88. The summed E-state index contributed by atoms with van der Waals surface area (Å²) in [5.41, 5.74) is 11.2. The second kappa shape index (κ2) is 5.98. The van der Waals surface area contributed by atoms with E-state index in [1.54, 1.807) is 0 Å². The molecule has 0 spiro atoms. The minimum Gasteiger partial charge on any atom is -0.356 e. The number of carbonyl (C=O) groups excluding carboxylic acids is 1. The van der Waals surface area contributed by atoms with Gasteiger partial charge in [-0.05, 0) is 25.8 Å². The van der Waals surface area contributed by atoms with Crippen molar-refractivity contribution in [2.45, 2.75) is 38.1 Å². The average Bonchev–Trinajstić information content (AvgIpc) is 2.18. The first kappa shape index (κ1) is 11.5. The third-order valence-corrected chi connectivity index (χ3v) is 2.84. The maximum absolute atomic E-state index is 11.7. The van der Waals surface area contributed by atoms with Crippen LogP contribution in [0, 0.1) is 5.92 Å². The van der Waals surface area contributed by atoms with Gasteiger partial charge in [0.2, 0.25) is 5.91 Å². The Hall–Kier alpha value is -0.610. The zero-order chi connectivity index (χ0) is 10.4. The van der Waals surface area contributed by atoms with Gasteiger partial charge in [0.15, 0.2) is 0 Å². The number of carbonyl (C=O) groups is 1. The summed E-state index contributed by atoms with van der Waals surface area (Å²) in [5.74, 6) is 0.146. The van der Waals surface area contributed by atoms with Crippen molar-refractivity contribution in [3.05, 3.63) is 0 Å². The first-order valence-corrected chi connectivity index (χ1v) is 5.49. The molecular weight excluding hydrogens is 178 g/mol. The molecule has 0 aromatic rings. The van der Waals surface area contributed by atoms with E-state index in [4.69, 9.17) is 11.5 Å². The highest BCUT2D eigenvalue weighted by Gasteiger charge is 2.27. The Morgan fingerprint density at radius 1 is 1.36 bits per heavy atom. The Labute approximate surface area is 85.4 Å². The summed E-state index contributed by atoms with van der Waals surface area (Å²) in [6.45, 7) is 1.30. The zero-order valence-corrected chi connectivity index (χ0v) is 8.67. The molecule has 4 heteroatoms. The Morgan fingerprint density at radius 2 is 2.07 bits per heavy atom. The van der Waals surface area contributed by atoms with Crippen LogP contribution in [0.3, 0.4) is 0 Å². The van der Waals surface area contributed by atoms with Gasteiger partial charge in [0.25, 0.3) is 0 Å². The van der Waals surface area contributed by atoms with Crippen LogP contribution in [0.5, 0.6) is 0 Å². The molecule has 1 aliphatic carbocycles. The molecule has 0 aromatic heterocycles. The molecular formula is C10H21N3O. The van der Waals surface area contributed by atoms with E-state index in [1.165, 1.54) is 0 Å². The molecule has 4 nitrogen and oxygen atoms in total. The fourth-order valence-electron chi connectivity index (χ4n) is 1.93. The maximum atomic E-state index is 11.7. The van der Waals surface area contributed by atoms with E-state index in [0.29, 0.717) is 13.1 Å². The molecule has 5 N–H and O–H groups in total. The Kier molecular flexibility index (Phi) is 4.90. The van der Waals surface area contributed by atoms with E-state index in [9.17, 15) is 4.79 Å². The van der Waals surface area contributed by atoms with Gasteiger partial charge in [0.05, 0.1) is 5.92 Å². The van der Waals surface area contributed by atoms with Crippen LogP contribution in [0.15, 0.2) is 0 Å². The van der Waals surface area contributed by atoms with Gasteiger partial charge in [-0.25, -0.2) is 0 Å². The van der Waals surface area contributed by atoms with Gasteiger partial charge in [-0.15, -0.1) is 0 Å². The van der Waals surface area contributed by atoms with Gasteiger partial charge in [0, 0.05) is 12.6 Å². The summed E-state index contributed by atoms with van der Waals surface area (Å²) in [6.07, 6.45) is 5.05. The average molecular weight is 199 g/mol. The van der Waals surface area contributed by atoms with Crippen molar-refractivity contribution in [2.24, 2.45) is 17.4 Å². The van der Waals surface area contributed by atoms with Crippen LogP contribution in [0.25, 0.3) is 0 Å². The van der Waals surface area contributed by atoms with Crippen molar-refractivity contribution in [3.63, 3.8) is 0 Å². The Morgan fingerprint density at radius 3 is 2.71 bits per heavy atom. The zero-order valence-electron chi connectivity index (χ0n) is 8.67. The van der Waals surface area contributed by atoms with Crippen molar-refractivity contribution in [1.82, 2.24) is 5.32 Å². The first-order chi connectivity index (χ1) is 6.75. The molecule has 0 saturated heterocycles. The molecule has 2 atom stereocenters. The summed E-state index contributed by atoms with van der Waals surface area (Å²) >= 11 is 0. The lowest BCUT2D eigenvalue weighted by atomic mass is 9.84. The molecule has 0 radical (unpaired) electrons. The number of nitrogens with two attached hydrogens (primary N) is 2. The predicted molar refractivity (Wildman–Crippen MR) is 56.6 cm³/mol. The van der Waals surface area contributed by atoms with Gasteiger partial charge in [-0.2, -0.15) is 0 Å². The highest BCUT2D eigenvalue weighted by molar-refractivity contribution is 5.79. The molecule has 0 heterocycles. The first-order valence-electron chi connectivity index (χ1n) is 5.49. The third-order valence-electron chi connectivity index (χ3n) is 2.84. The SMILES string of the molecule is NCCCNC(=O)C1CCCCC1N. The molecule has 1 rings (SSSR count). The van der Waals surface area contributed by atoms with Crippen molar-refractivity contribution in [1.29, 1.82) is 0 Å². The molecule has 1 amide bonds. The second-order valence-corrected chi connectivity index (χ2v) is 3.99. The molecule has 1 saturated carbocycles. The smallest absolute Gasteiger partial charge is 0.224 e. The summed E-state index contributed by atoms with van der Waals surface area (Å²) in [7, 11) is 0. The van der Waals surface area contributed by atoms with E-state index in [1.807, 2.05) is 0 Å². The molecule has 14 heavy (non-hydrogen) atoms. The van der Waals surface area contributed by atoms with Gasteiger partial charge in [-0.3, -0.25) is 4.79 Å². The van der Waals surface area contributed by atoms with Gasteiger partial charge >= 0.3 is 0 Å². The summed E-state index contributed by atoms with van der Waals surface area (Å²) in [4.78, 5) is 11.7. The number of hydrogen-bond acceptors (Lipinski definition) is 3. The second-order valence-electron chi connectivity index (χ2n) is 3.99. The van der Waals surface area contributed by atoms with Crippen molar-refractivity contribution in [3.8, 4) is 0 Å². The quantitative estimate of drug-likeness (QED) is 0.556. The Bertz CT molecular complexity index is 184. The van der Waals surface area contributed by atoms with E-state index in [0.717, 1.165) is 32.1 Å². The van der Waals surface area contributed by atoms with Crippen LogP contribution >= 0.6 is 0 Å². The van der Waals surface area contributed by atoms with Crippen molar-refractivity contribution >= 4 is 5.91 Å². The predicted octanol–water partition coefficient (Wildman–Crippen LogP) is -0.0311. The largest absolute Gasteiger partial charge is 0.356 e. The maximum Gasteiger partial charge on any atom is 0.224 e. The van der Waals surface area contributed by atoms with E-state index in [2.05, 4.69) is 5.32 Å². The lowest BCUT2D eigenvalue weighted by molar-refractivity contribution is -0.126. The van der Waals surface area contributed by atoms with Crippen molar-refractivity contribution < 1.29 is 4.79 Å². The van der Waals surface area contributed by atoms with E-state index < -0.39 is 0 Å². The molecule has 1 aliphatic rings. The van der Waals surface area contributed by atoms with Crippen LogP contribution in [-0.2, 0) is 4.79 Å². The van der Waals surface area contributed by atoms with Gasteiger partial charge in [0.1, 0.15) is 0 Å². The van der Waals surface area contributed by atoms with Crippen LogP contribution in [-0.4, -0.2) is 25.0 Å². The van der Waals surface area contributed by atoms with Crippen LogP contribution in [0.1, 0.15) is 32.1 Å². The summed E-state index contributed by atoms with van der Waals surface area (Å²) < 4.78 is 0. The minimum atomic E-state index is 0.0292. The van der Waals surface area contributed by atoms with Gasteiger partial charge < -0.3 is 16.8 Å². The molecule has 1 fully saturated rings. The standard InChI is InChI=1S/C10H21N3O/c11-6-3-7-13-10(14)8-4-1-2-5-9(8)12/h8-9H,1-7,11-12H2,(H,13,14). The lowest BCUT2D eigenvalue weighted by Gasteiger charge is -2.27. The number of nitrogens with one attached hydrogen (secondary N) is 1. The number of hydrogen-bond donors (Lipinski definition) is 3. The normalized spacial score (nSPS) is 27.3. The monoisotopic (exact) mass is 199 g/mol. The minimum absolute atomic E-state index is 0.0292. The molecule has 2 unspecified atom stereocenters. The van der Waals surface area contributed by atoms with E-state index >= 15 is 0 Å². The highest BCUT2D eigenvalue weighted by atomic mass is 16.1. The number of rotatable bonds is 4. The lowest BCUT2D eigenvalue weighted by Crippen LogP contribution is -2.44. The van der Waals surface area contributed by atoms with E-state index in [-0.39, 0.29) is 17.9 Å². The molecule has 0 bridgehead atoms. The molecule has 82 valence electrons. The van der Waals surface area contributed by atoms with Crippen LogP contribution < -0.4 is 16.8 Å². The third kappa shape index (κ3) is 3.27. The molecule has 0 aliphatic heterocycles. The fourth-order valence-corrected chi connectivity index (χ4v) is 1.93. The Balaban J connectivity index is 2.27. The van der Waals surface area contributed by atoms with Crippen LogP contribution in [0.4, 0.5) is 0 Å².